The molecule has 0 aliphatic heterocycles. The molecule has 110 valence electrons. The first kappa shape index (κ1) is 13.9. The number of nitrogens with two attached hydrogens (primary N) is 1. The third-order valence-corrected chi connectivity index (χ3v) is 3.39. The molecule has 1 aromatic heterocycles. The minimum absolute atomic E-state index is 0.239. The number of benzene rings is 2. The molecule has 3 rings (SSSR count). The third kappa shape index (κ3) is 2.56. The standard InChI is InChI=1S/C17H14N2O3/c1-10-3-2-4-12-9-14(22-15(10)12)17(21)19-13-7-5-11(6-8-13)16(18)20/h2-9H,1H3,(H2,18,20)(H,19,21). The zero-order valence-corrected chi connectivity index (χ0v) is 11.9. The Kier molecular flexibility index (Phi) is 3.39. The molecule has 0 radical (unpaired) electrons. The predicted molar refractivity (Wildman–Crippen MR) is 83.9 cm³/mol. The average Bonchev–Trinajstić information content (AvgIpc) is 2.93. The monoisotopic (exact) mass is 294 g/mol. The molecule has 3 N–H and O–H groups in total. The fraction of sp³-hybridized carbons (Fsp3) is 0.0588. The number of fused-ring (bicyclic) bond motifs is 1. The number of carbonyl (C=O) groups excluding carboxylic acids is 2. The van der Waals surface area contributed by atoms with Gasteiger partial charge < -0.3 is 15.5 Å². The smallest absolute Gasteiger partial charge is 0.291 e. The number of carbonyl (C=O) groups is 2. The highest BCUT2D eigenvalue weighted by Gasteiger charge is 2.13. The van der Waals surface area contributed by atoms with Crippen LogP contribution in [-0.2, 0) is 0 Å². The van der Waals surface area contributed by atoms with Crippen LogP contribution < -0.4 is 11.1 Å². The number of hydrogen-bond acceptors (Lipinski definition) is 3. The molecule has 0 saturated heterocycles. The van der Waals surface area contributed by atoms with E-state index in [2.05, 4.69) is 5.32 Å². The Hall–Kier alpha value is -3.08. The molecule has 5 heteroatoms. The summed E-state index contributed by atoms with van der Waals surface area (Å²) in [6, 6.07) is 13.8. The highest BCUT2D eigenvalue weighted by molar-refractivity contribution is 6.05. The molecule has 0 saturated carbocycles. The summed E-state index contributed by atoms with van der Waals surface area (Å²) in [4.78, 5) is 23.2. The van der Waals surface area contributed by atoms with E-state index in [1.807, 2.05) is 25.1 Å². The number of hydrogen-bond donors (Lipinski definition) is 2. The van der Waals surface area contributed by atoms with Gasteiger partial charge in [-0.25, -0.2) is 0 Å². The van der Waals surface area contributed by atoms with Crippen LogP contribution in [0.25, 0.3) is 11.0 Å². The predicted octanol–water partition coefficient (Wildman–Crippen LogP) is 3.09. The molecule has 1 heterocycles. The van der Waals surface area contributed by atoms with Crippen molar-refractivity contribution in [1.29, 1.82) is 0 Å². The molecule has 2 amide bonds. The number of amides is 2. The van der Waals surface area contributed by atoms with Crippen molar-refractivity contribution >= 4 is 28.5 Å². The largest absolute Gasteiger partial charge is 0.451 e. The van der Waals surface area contributed by atoms with Gasteiger partial charge in [-0.1, -0.05) is 18.2 Å². The van der Waals surface area contributed by atoms with Gasteiger partial charge in [-0.15, -0.1) is 0 Å². The van der Waals surface area contributed by atoms with Crippen LogP contribution in [0.2, 0.25) is 0 Å². The minimum Gasteiger partial charge on any atom is -0.451 e. The summed E-state index contributed by atoms with van der Waals surface area (Å²) >= 11 is 0. The molecular formula is C17H14N2O3. The Labute approximate surface area is 126 Å². The number of aryl methyl sites for hydroxylation is 1. The van der Waals surface area contributed by atoms with Crippen LogP contribution in [0.15, 0.2) is 52.9 Å². The third-order valence-electron chi connectivity index (χ3n) is 3.39. The minimum atomic E-state index is -0.509. The average molecular weight is 294 g/mol. The van der Waals surface area contributed by atoms with E-state index in [-0.39, 0.29) is 11.7 Å². The van der Waals surface area contributed by atoms with E-state index in [1.54, 1.807) is 30.3 Å². The summed E-state index contributed by atoms with van der Waals surface area (Å²) in [5, 5.41) is 3.60. The van der Waals surface area contributed by atoms with Crippen LogP contribution in [-0.4, -0.2) is 11.8 Å². The van der Waals surface area contributed by atoms with Crippen molar-refractivity contribution < 1.29 is 14.0 Å². The second kappa shape index (κ2) is 5.37. The van der Waals surface area contributed by atoms with E-state index >= 15 is 0 Å². The molecule has 0 atom stereocenters. The van der Waals surface area contributed by atoms with Gasteiger partial charge in [0.05, 0.1) is 0 Å². The first-order valence-electron chi connectivity index (χ1n) is 6.75. The molecule has 2 aromatic carbocycles. The van der Waals surface area contributed by atoms with Crippen molar-refractivity contribution in [3.05, 3.63) is 65.4 Å². The highest BCUT2D eigenvalue weighted by Crippen LogP contribution is 2.23. The molecule has 22 heavy (non-hydrogen) atoms. The molecule has 0 unspecified atom stereocenters. The van der Waals surface area contributed by atoms with Gasteiger partial charge in [0.1, 0.15) is 5.58 Å². The second-order valence-corrected chi connectivity index (χ2v) is 5.00. The van der Waals surface area contributed by atoms with Gasteiger partial charge >= 0.3 is 0 Å². The zero-order valence-electron chi connectivity index (χ0n) is 11.9. The number of primary amides is 1. The van der Waals surface area contributed by atoms with Crippen LogP contribution in [0, 0.1) is 6.92 Å². The maximum Gasteiger partial charge on any atom is 0.291 e. The number of nitrogens with one attached hydrogen (secondary N) is 1. The quantitative estimate of drug-likeness (QED) is 0.778. The molecule has 0 aliphatic carbocycles. The Morgan fingerprint density at radius 2 is 1.82 bits per heavy atom. The van der Waals surface area contributed by atoms with E-state index in [1.165, 1.54) is 0 Å². The summed E-state index contributed by atoms with van der Waals surface area (Å²) in [7, 11) is 0. The maximum atomic E-state index is 12.2. The van der Waals surface area contributed by atoms with Gasteiger partial charge in [-0.3, -0.25) is 9.59 Å². The van der Waals surface area contributed by atoms with Crippen molar-refractivity contribution in [3.8, 4) is 0 Å². The highest BCUT2D eigenvalue weighted by atomic mass is 16.3. The lowest BCUT2D eigenvalue weighted by Gasteiger charge is -2.03. The SMILES string of the molecule is Cc1cccc2cc(C(=O)Nc3ccc(C(N)=O)cc3)oc12. The van der Waals surface area contributed by atoms with Gasteiger partial charge in [-0.2, -0.15) is 0 Å². The van der Waals surface area contributed by atoms with Gasteiger partial charge in [0.15, 0.2) is 5.76 Å². The number of furan rings is 1. The molecule has 0 aliphatic rings. The Balaban J connectivity index is 1.83. The van der Waals surface area contributed by atoms with Crippen LogP contribution >= 0.6 is 0 Å². The first-order valence-corrected chi connectivity index (χ1v) is 6.75. The van der Waals surface area contributed by atoms with E-state index in [0.717, 1.165) is 10.9 Å². The van der Waals surface area contributed by atoms with Crippen molar-refractivity contribution in [3.63, 3.8) is 0 Å². The second-order valence-electron chi connectivity index (χ2n) is 5.00. The fourth-order valence-corrected chi connectivity index (χ4v) is 2.23. The van der Waals surface area contributed by atoms with Gasteiger partial charge in [0, 0.05) is 16.6 Å². The maximum absolute atomic E-state index is 12.2. The van der Waals surface area contributed by atoms with Crippen molar-refractivity contribution in [2.75, 3.05) is 5.32 Å². The van der Waals surface area contributed by atoms with Crippen LogP contribution in [0.5, 0.6) is 0 Å². The summed E-state index contributed by atoms with van der Waals surface area (Å²) in [6.07, 6.45) is 0. The lowest BCUT2D eigenvalue weighted by molar-refractivity contribution is 0.0992. The van der Waals surface area contributed by atoms with Crippen molar-refractivity contribution in [2.45, 2.75) is 6.92 Å². The molecular weight excluding hydrogens is 280 g/mol. The van der Waals surface area contributed by atoms with Crippen LogP contribution in [0.3, 0.4) is 0 Å². The van der Waals surface area contributed by atoms with E-state index in [0.29, 0.717) is 16.8 Å². The zero-order chi connectivity index (χ0) is 15.7. The Bertz CT molecular complexity index is 863. The summed E-state index contributed by atoms with van der Waals surface area (Å²) < 4.78 is 5.61. The number of para-hydroxylation sites is 1. The van der Waals surface area contributed by atoms with E-state index < -0.39 is 5.91 Å². The Morgan fingerprint density at radius 3 is 2.45 bits per heavy atom. The number of anilines is 1. The van der Waals surface area contributed by atoms with E-state index in [4.69, 9.17) is 10.2 Å². The van der Waals surface area contributed by atoms with Crippen molar-refractivity contribution in [2.24, 2.45) is 5.73 Å². The van der Waals surface area contributed by atoms with Gasteiger partial charge in [-0.05, 0) is 42.8 Å². The summed E-state index contributed by atoms with van der Waals surface area (Å²) in [5.41, 5.74) is 7.80. The van der Waals surface area contributed by atoms with Crippen LogP contribution in [0.1, 0.15) is 26.5 Å². The molecule has 0 bridgehead atoms. The summed E-state index contributed by atoms with van der Waals surface area (Å²) in [5.74, 6) is -0.615. The lowest BCUT2D eigenvalue weighted by atomic mass is 10.2. The van der Waals surface area contributed by atoms with E-state index in [9.17, 15) is 9.59 Å². The van der Waals surface area contributed by atoms with Gasteiger partial charge in [0.2, 0.25) is 5.91 Å². The topological polar surface area (TPSA) is 85.3 Å². The molecule has 0 fully saturated rings. The van der Waals surface area contributed by atoms with Crippen LogP contribution in [0.4, 0.5) is 5.69 Å². The number of rotatable bonds is 3. The lowest BCUT2D eigenvalue weighted by Crippen LogP contribution is -2.12. The normalized spacial score (nSPS) is 10.6. The molecule has 5 nitrogen and oxygen atoms in total. The summed E-state index contributed by atoms with van der Waals surface area (Å²) in [6.45, 7) is 1.93. The first-order chi connectivity index (χ1) is 10.5. The van der Waals surface area contributed by atoms with Crippen molar-refractivity contribution in [1.82, 2.24) is 0 Å². The van der Waals surface area contributed by atoms with Gasteiger partial charge in [0.25, 0.3) is 5.91 Å². The molecule has 3 aromatic rings. The molecule has 0 spiro atoms. The fourth-order valence-electron chi connectivity index (χ4n) is 2.23. The Morgan fingerprint density at radius 1 is 1.09 bits per heavy atom.